The number of anilines is 1. The first-order valence-corrected chi connectivity index (χ1v) is 10.1. The highest BCUT2D eigenvalue weighted by atomic mass is 35.5. The molecule has 0 bridgehead atoms. The third kappa shape index (κ3) is 4.75. The fourth-order valence-electron chi connectivity index (χ4n) is 3.31. The molecule has 0 radical (unpaired) electrons. The Morgan fingerprint density at radius 2 is 1.91 bits per heavy atom. The van der Waals surface area contributed by atoms with Gasteiger partial charge in [-0.15, -0.1) is 0 Å². The molecule has 33 heavy (non-hydrogen) atoms. The highest BCUT2D eigenvalue weighted by molar-refractivity contribution is 6.31. The number of nitrogens with zero attached hydrogens (tertiary/aromatic N) is 7. The number of aromatic nitrogens is 6. The van der Waals surface area contributed by atoms with Gasteiger partial charge in [-0.05, 0) is 37.6 Å². The molecule has 0 aliphatic heterocycles. The summed E-state index contributed by atoms with van der Waals surface area (Å²) >= 11 is 6.05. The summed E-state index contributed by atoms with van der Waals surface area (Å²) in [7, 11) is 0. The van der Waals surface area contributed by atoms with E-state index >= 15 is 0 Å². The molecule has 0 fully saturated rings. The van der Waals surface area contributed by atoms with Gasteiger partial charge in [0.2, 0.25) is 0 Å². The third-order valence-electron chi connectivity index (χ3n) is 4.91. The first-order chi connectivity index (χ1) is 15.7. The number of rotatable bonds is 7. The molecule has 0 saturated heterocycles. The van der Waals surface area contributed by atoms with E-state index in [9.17, 15) is 19.3 Å². The molecule has 1 aromatic carbocycles. The van der Waals surface area contributed by atoms with Crippen molar-refractivity contribution in [1.29, 1.82) is 0 Å². The van der Waals surface area contributed by atoms with Crippen molar-refractivity contribution in [2.24, 2.45) is 0 Å². The molecule has 4 rings (SSSR count). The number of nitro groups is 1. The number of hydrogen-bond donors (Lipinski definition) is 1. The monoisotopic (exact) mass is 472 g/mol. The molecular formula is C20H18ClFN8O3. The van der Waals surface area contributed by atoms with Gasteiger partial charge >= 0.3 is 5.69 Å². The molecule has 170 valence electrons. The van der Waals surface area contributed by atoms with E-state index in [0.717, 1.165) is 0 Å². The maximum atomic E-state index is 13.2. The molecule has 0 aliphatic carbocycles. The first-order valence-electron chi connectivity index (χ1n) is 9.72. The zero-order valence-corrected chi connectivity index (χ0v) is 18.3. The molecule has 0 unspecified atom stereocenters. The maximum absolute atomic E-state index is 13.2. The van der Waals surface area contributed by atoms with Crippen molar-refractivity contribution < 1.29 is 14.1 Å². The lowest BCUT2D eigenvalue weighted by Gasteiger charge is -2.05. The zero-order valence-electron chi connectivity index (χ0n) is 17.6. The minimum Gasteiger partial charge on any atom is -0.304 e. The van der Waals surface area contributed by atoms with Crippen LogP contribution in [0.3, 0.4) is 0 Å². The number of amides is 1. The van der Waals surface area contributed by atoms with Gasteiger partial charge in [0.05, 0.1) is 11.5 Å². The topological polar surface area (TPSA) is 126 Å². The minimum atomic E-state index is -0.474. The quantitative estimate of drug-likeness (QED) is 0.324. The van der Waals surface area contributed by atoms with Gasteiger partial charge in [-0.3, -0.25) is 24.3 Å². The van der Waals surface area contributed by atoms with Crippen LogP contribution in [0.25, 0.3) is 0 Å². The second-order valence-electron chi connectivity index (χ2n) is 7.25. The SMILES string of the molecule is Cc1nn(Cn2ccc(C(=O)Nc3ccn(Cc4ccc(F)cc4Cl)n3)n2)c(C)c1[N+](=O)[O-]. The Hall–Kier alpha value is -4.06. The molecule has 0 aliphatic rings. The largest absolute Gasteiger partial charge is 0.312 e. The summed E-state index contributed by atoms with van der Waals surface area (Å²) in [5.41, 5.74) is 1.48. The van der Waals surface area contributed by atoms with Crippen LogP contribution in [-0.4, -0.2) is 40.2 Å². The Labute approximate surface area is 191 Å². The summed E-state index contributed by atoms with van der Waals surface area (Å²) in [6.45, 7) is 3.58. The van der Waals surface area contributed by atoms with Gasteiger partial charge in [-0.25, -0.2) is 9.07 Å². The van der Waals surface area contributed by atoms with Crippen LogP contribution in [0.2, 0.25) is 5.02 Å². The lowest BCUT2D eigenvalue weighted by molar-refractivity contribution is -0.386. The van der Waals surface area contributed by atoms with Crippen LogP contribution < -0.4 is 5.32 Å². The maximum Gasteiger partial charge on any atom is 0.312 e. The average Bonchev–Trinajstić information content (AvgIpc) is 3.44. The van der Waals surface area contributed by atoms with Crippen LogP contribution in [0.4, 0.5) is 15.9 Å². The van der Waals surface area contributed by atoms with E-state index in [1.54, 1.807) is 43.1 Å². The number of carbonyl (C=O) groups excluding carboxylic acids is 1. The smallest absolute Gasteiger partial charge is 0.304 e. The number of carbonyl (C=O) groups is 1. The molecular weight excluding hydrogens is 455 g/mol. The van der Waals surface area contributed by atoms with Crippen molar-refractivity contribution in [3.05, 3.63) is 86.3 Å². The van der Waals surface area contributed by atoms with Crippen LogP contribution in [-0.2, 0) is 13.2 Å². The number of aryl methyl sites for hydroxylation is 1. The van der Waals surface area contributed by atoms with E-state index in [1.165, 1.54) is 27.6 Å². The summed E-state index contributed by atoms with van der Waals surface area (Å²) < 4.78 is 17.7. The van der Waals surface area contributed by atoms with Crippen molar-refractivity contribution in [3.8, 4) is 0 Å². The second-order valence-corrected chi connectivity index (χ2v) is 7.65. The molecule has 3 aromatic heterocycles. The highest BCUT2D eigenvalue weighted by Gasteiger charge is 2.22. The Morgan fingerprint density at radius 3 is 2.61 bits per heavy atom. The van der Waals surface area contributed by atoms with Crippen LogP contribution in [0.1, 0.15) is 27.4 Å². The van der Waals surface area contributed by atoms with Gasteiger partial charge in [0.25, 0.3) is 5.91 Å². The van der Waals surface area contributed by atoms with Gasteiger partial charge in [-0.2, -0.15) is 15.3 Å². The van der Waals surface area contributed by atoms with E-state index in [1.807, 2.05) is 0 Å². The molecule has 4 aromatic rings. The number of halogens is 2. The van der Waals surface area contributed by atoms with E-state index < -0.39 is 16.6 Å². The van der Waals surface area contributed by atoms with E-state index in [0.29, 0.717) is 29.3 Å². The van der Waals surface area contributed by atoms with Crippen LogP contribution in [0.15, 0.2) is 42.7 Å². The third-order valence-corrected chi connectivity index (χ3v) is 5.26. The summed E-state index contributed by atoms with van der Waals surface area (Å²) in [6, 6.07) is 7.24. The molecule has 11 nitrogen and oxygen atoms in total. The van der Waals surface area contributed by atoms with Crippen molar-refractivity contribution in [1.82, 2.24) is 29.3 Å². The average molecular weight is 473 g/mol. The molecule has 13 heteroatoms. The van der Waals surface area contributed by atoms with Gasteiger partial charge < -0.3 is 5.32 Å². The molecule has 0 spiro atoms. The van der Waals surface area contributed by atoms with Crippen molar-refractivity contribution in [2.45, 2.75) is 27.1 Å². The Balaban J connectivity index is 1.41. The summed E-state index contributed by atoms with van der Waals surface area (Å²) in [4.78, 5) is 23.2. The van der Waals surface area contributed by atoms with Crippen LogP contribution in [0, 0.1) is 29.8 Å². The van der Waals surface area contributed by atoms with Crippen molar-refractivity contribution >= 4 is 29.0 Å². The Bertz CT molecular complexity index is 1360. The number of hydrogen-bond acceptors (Lipinski definition) is 6. The van der Waals surface area contributed by atoms with Crippen molar-refractivity contribution in [2.75, 3.05) is 5.32 Å². The fourth-order valence-corrected chi connectivity index (χ4v) is 3.54. The normalized spacial score (nSPS) is 11.0. The first kappa shape index (κ1) is 22.1. The van der Waals surface area contributed by atoms with E-state index in [4.69, 9.17) is 11.6 Å². The summed E-state index contributed by atoms with van der Waals surface area (Å²) in [6.07, 6.45) is 3.23. The number of benzene rings is 1. The standard InChI is InChI=1S/C20H18ClFN8O3/c1-12-19(30(32)33)13(2)29(24-12)11-28-7-5-17(25-28)20(31)23-18-6-8-27(26-18)10-14-3-4-15(22)9-16(14)21/h3-9H,10-11H2,1-2H3,(H,23,26,31). The van der Waals surface area contributed by atoms with Gasteiger partial charge in [0.1, 0.15) is 23.9 Å². The minimum absolute atomic E-state index is 0.0439. The molecule has 3 heterocycles. The van der Waals surface area contributed by atoms with Gasteiger partial charge in [0, 0.05) is 23.5 Å². The van der Waals surface area contributed by atoms with Crippen LogP contribution >= 0.6 is 11.6 Å². The Morgan fingerprint density at radius 1 is 1.15 bits per heavy atom. The van der Waals surface area contributed by atoms with Gasteiger partial charge in [-0.1, -0.05) is 17.7 Å². The molecule has 1 N–H and O–H groups in total. The molecule has 0 atom stereocenters. The fraction of sp³-hybridized carbons (Fsp3) is 0.200. The highest BCUT2D eigenvalue weighted by Crippen LogP contribution is 2.22. The molecule has 0 saturated carbocycles. The van der Waals surface area contributed by atoms with Crippen molar-refractivity contribution in [3.63, 3.8) is 0 Å². The molecule has 1 amide bonds. The van der Waals surface area contributed by atoms with E-state index in [2.05, 4.69) is 20.6 Å². The predicted molar refractivity (Wildman–Crippen MR) is 117 cm³/mol. The zero-order chi connectivity index (χ0) is 23.7. The second kappa shape index (κ2) is 8.82. The van der Waals surface area contributed by atoms with Crippen LogP contribution in [0.5, 0.6) is 0 Å². The summed E-state index contributed by atoms with van der Waals surface area (Å²) in [5.74, 6) is -0.590. The lowest BCUT2D eigenvalue weighted by atomic mass is 10.2. The van der Waals surface area contributed by atoms with Gasteiger partial charge in [0.15, 0.2) is 11.5 Å². The predicted octanol–water partition coefficient (Wildman–Crippen LogP) is 3.40. The lowest BCUT2D eigenvalue weighted by Crippen LogP contribution is -2.16. The summed E-state index contributed by atoms with van der Waals surface area (Å²) in [5, 5.41) is 26.7. The van der Waals surface area contributed by atoms with E-state index in [-0.39, 0.29) is 23.1 Å². The number of nitrogens with one attached hydrogen (secondary N) is 1. The Kier molecular flexibility index (Phi) is 5.92.